The van der Waals surface area contributed by atoms with Crippen LogP contribution >= 0.6 is 23.2 Å². The Hall–Kier alpha value is -1.38. The summed E-state index contributed by atoms with van der Waals surface area (Å²) in [5.74, 6) is 0.597. The van der Waals surface area contributed by atoms with Crippen molar-refractivity contribution in [3.05, 3.63) is 45.9 Å². The number of nitrogens with one attached hydrogen (secondary N) is 1. The summed E-state index contributed by atoms with van der Waals surface area (Å²) in [6.07, 6.45) is 2.26. The van der Waals surface area contributed by atoms with E-state index in [1.54, 1.807) is 13.2 Å². The van der Waals surface area contributed by atoms with Gasteiger partial charge in [0.15, 0.2) is 0 Å². The molecule has 0 bridgehead atoms. The molecule has 1 aliphatic rings. The minimum Gasteiger partial charge on any atom is -0.495 e. The monoisotopic (exact) mass is 307 g/mol. The number of hydrogen-bond acceptors (Lipinski definition) is 2. The van der Waals surface area contributed by atoms with Gasteiger partial charge in [-0.05, 0) is 42.2 Å². The lowest BCUT2D eigenvalue weighted by Gasteiger charge is -2.19. The predicted octanol–water partition coefficient (Wildman–Crippen LogP) is 5.03. The van der Waals surface area contributed by atoms with Crippen molar-refractivity contribution in [2.24, 2.45) is 0 Å². The van der Waals surface area contributed by atoms with Crippen LogP contribution < -0.4 is 10.1 Å². The zero-order chi connectivity index (χ0) is 14.1. The van der Waals surface area contributed by atoms with E-state index in [2.05, 4.69) is 23.5 Å². The number of rotatable bonds is 2. The van der Waals surface area contributed by atoms with Gasteiger partial charge in [0, 0.05) is 23.9 Å². The number of hydrogen-bond donors (Lipinski definition) is 1. The van der Waals surface area contributed by atoms with E-state index in [4.69, 9.17) is 27.9 Å². The van der Waals surface area contributed by atoms with Crippen LogP contribution in [0.15, 0.2) is 30.3 Å². The van der Waals surface area contributed by atoms with Gasteiger partial charge in [0.05, 0.1) is 17.2 Å². The Morgan fingerprint density at radius 1 is 1.10 bits per heavy atom. The van der Waals surface area contributed by atoms with E-state index < -0.39 is 0 Å². The fourth-order valence-corrected chi connectivity index (χ4v) is 3.05. The van der Waals surface area contributed by atoms with E-state index in [1.165, 1.54) is 11.3 Å². The zero-order valence-electron chi connectivity index (χ0n) is 11.2. The lowest BCUT2D eigenvalue weighted by molar-refractivity contribution is 0.415. The minimum atomic E-state index is 0.572. The highest BCUT2D eigenvalue weighted by molar-refractivity contribution is 6.36. The Kier molecular flexibility index (Phi) is 3.77. The summed E-state index contributed by atoms with van der Waals surface area (Å²) in [7, 11) is 1.59. The van der Waals surface area contributed by atoms with Crippen LogP contribution in [-0.4, -0.2) is 13.7 Å². The van der Waals surface area contributed by atoms with Gasteiger partial charge in [-0.3, -0.25) is 0 Å². The number of anilines is 1. The highest BCUT2D eigenvalue weighted by atomic mass is 35.5. The van der Waals surface area contributed by atoms with Gasteiger partial charge in [0.25, 0.3) is 0 Å². The van der Waals surface area contributed by atoms with E-state index >= 15 is 0 Å². The van der Waals surface area contributed by atoms with Crippen molar-refractivity contribution >= 4 is 28.9 Å². The molecule has 0 aromatic heterocycles. The third kappa shape index (κ3) is 2.46. The molecular formula is C16H15Cl2NO. The average Bonchev–Trinajstić information content (AvgIpc) is 2.48. The first-order valence-electron chi connectivity index (χ1n) is 6.59. The molecule has 0 saturated carbocycles. The molecule has 0 radical (unpaired) electrons. The van der Waals surface area contributed by atoms with Crippen molar-refractivity contribution < 1.29 is 4.74 Å². The van der Waals surface area contributed by atoms with Gasteiger partial charge in [0.1, 0.15) is 5.75 Å². The first-order chi connectivity index (χ1) is 9.69. The van der Waals surface area contributed by atoms with Gasteiger partial charge in [-0.25, -0.2) is 0 Å². The van der Waals surface area contributed by atoms with Crippen molar-refractivity contribution in [3.63, 3.8) is 0 Å². The Labute approximate surface area is 128 Å². The number of methoxy groups -OCH3 is 1. The summed E-state index contributed by atoms with van der Waals surface area (Å²) in [5, 5.41) is 4.63. The van der Waals surface area contributed by atoms with Crippen LogP contribution in [0.1, 0.15) is 12.0 Å². The molecule has 0 unspecified atom stereocenters. The van der Waals surface area contributed by atoms with Crippen LogP contribution in [0.3, 0.4) is 0 Å². The van der Waals surface area contributed by atoms with Crippen LogP contribution in [0.2, 0.25) is 10.0 Å². The molecule has 0 atom stereocenters. The molecular weight excluding hydrogens is 293 g/mol. The minimum absolute atomic E-state index is 0.572. The lowest BCUT2D eigenvalue weighted by Crippen LogP contribution is -2.11. The van der Waals surface area contributed by atoms with Crippen molar-refractivity contribution in [3.8, 4) is 16.9 Å². The maximum absolute atomic E-state index is 6.34. The topological polar surface area (TPSA) is 21.3 Å². The summed E-state index contributed by atoms with van der Waals surface area (Å²) < 4.78 is 5.18. The van der Waals surface area contributed by atoms with Gasteiger partial charge in [0.2, 0.25) is 0 Å². The number of fused-ring (bicyclic) bond motifs is 1. The maximum atomic E-state index is 6.34. The molecule has 1 N–H and O–H groups in total. The van der Waals surface area contributed by atoms with Crippen molar-refractivity contribution in [1.29, 1.82) is 0 Å². The predicted molar refractivity (Wildman–Crippen MR) is 85.3 cm³/mol. The van der Waals surface area contributed by atoms with Crippen LogP contribution in [0, 0.1) is 0 Å². The zero-order valence-corrected chi connectivity index (χ0v) is 12.7. The van der Waals surface area contributed by atoms with Crippen LogP contribution in [0.25, 0.3) is 11.1 Å². The quantitative estimate of drug-likeness (QED) is 0.840. The smallest absolute Gasteiger partial charge is 0.138 e. The molecule has 4 heteroatoms. The number of aryl methyl sites for hydroxylation is 1. The van der Waals surface area contributed by atoms with Gasteiger partial charge in [-0.15, -0.1) is 0 Å². The molecule has 1 heterocycles. The van der Waals surface area contributed by atoms with E-state index in [1.807, 2.05) is 6.07 Å². The molecule has 0 spiro atoms. The van der Waals surface area contributed by atoms with Gasteiger partial charge >= 0.3 is 0 Å². The highest BCUT2D eigenvalue weighted by Gasteiger charge is 2.13. The summed E-state index contributed by atoms with van der Waals surface area (Å²) >= 11 is 12.5. The van der Waals surface area contributed by atoms with Gasteiger partial charge in [-0.1, -0.05) is 29.3 Å². The largest absolute Gasteiger partial charge is 0.495 e. The molecule has 2 nitrogen and oxygen atoms in total. The third-order valence-corrected chi connectivity index (χ3v) is 4.20. The molecule has 20 heavy (non-hydrogen) atoms. The molecule has 0 amide bonds. The molecule has 0 aliphatic carbocycles. The van der Waals surface area contributed by atoms with Crippen molar-refractivity contribution in [2.75, 3.05) is 19.0 Å². The third-order valence-electron chi connectivity index (χ3n) is 3.60. The Morgan fingerprint density at radius 2 is 1.95 bits per heavy atom. The summed E-state index contributed by atoms with van der Waals surface area (Å²) in [6.45, 7) is 1.04. The van der Waals surface area contributed by atoms with Crippen molar-refractivity contribution in [2.45, 2.75) is 12.8 Å². The van der Waals surface area contributed by atoms with E-state index in [0.717, 1.165) is 30.5 Å². The standard InChI is InChI=1S/C16H15Cl2NO/c1-20-16-9-13(17)12(8-14(16)18)10-4-5-15-11(7-10)3-2-6-19-15/h4-5,7-9,19H,2-3,6H2,1H3. The molecule has 3 rings (SSSR count). The Bertz CT molecular complexity index is 655. The Morgan fingerprint density at radius 3 is 2.75 bits per heavy atom. The molecule has 0 saturated heterocycles. The summed E-state index contributed by atoms with van der Waals surface area (Å²) in [6, 6.07) is 9.99. The van der Waals surface area contributed by atoms with Gasteiger partial charge in [-0.2, -0.15) is 0 Å². The highest BCUT2D eigenvalue weighted by Crippen LogP contribution is 2.38. The molecule has 104 valence electrons. The SMILES string of the molecule is COc1cc(Cl)c(-c2ccc3c(c2)CCCN3)cc1Cl. The van der Waals surface area contributed by atoms with Crippen LogP contribution in [0.5, 0.6) is 5.75 Å². The fourth-order valence-electron chi connectivity index (χ4n) is 2.55. The molecule has 2 aromatic carbocycles. The lowest BCUT2D eigenvalue weighted by atomic mass is 9.97. The fraction of sp³-hybridized carbons (Fsp3) is 0.250. The normalized spacial score (nSPS) is 13.6. The number of halogens is 2. The average molecular weight is 308 g/mol. The van der Waals surface area contributed by atoms with Crippen molar-refractivity contribution in [1.82, 2.24) is 0 Å². The summed E-state index contributed by atoms with van der Waals surface area (Å²) in [4.78, 5) is 0. The van der Waals surface area contributed by atoms with E-state index in [0.29, 0.717) is 15.8 Å². The molecule has 1 aliphatic heterocycles. The number of ether oxygens (including phenoxy) is 1. The summed E-state index contributed by atoms with van der Waals surface area (Å²) in [5.41, 5.74) is 4.57. The maximum Gasteiger partial charge on any atom is 0.138 e. The van der Waals surface area contributed by atoms with Crippen LogP contribution in [-0.2, 0) is 6.42 Å². The van der Waals surface area contributed by atoms with E-state index in [9.17, 15) is 0 Å². The van der Waals surface area contributed by atoms with Gasteiger partial charge < -0.3 is 10.1 Å². The molecule has 2 aromatic rings. The first-order valence-corrected chi connectivity index (χ1v) is 7.35. The second-order valence-electron chi connectivity index (χ2n) is 4.87. The van der Waals surface area contributed by atoms with E-state index in [-0.39, 0.29) is 0 Å². The second kappa shape index (κ2) is 5.55. The van der Waals surface area contributed by atoms with Crippen LogP contribution in [0.4, 0.5) is 5.69 Å². The molecule has 0 fully saturated rings. The number of benzene rings is 2. The second-order valence-corrected chi connectivity index (χ2v) is 5.68. The Balaban J connectivity index is 2.07. The first kappa shape index (κ1) is 13.6.